The molecule has 0 radical (unpaired) electrons. The molecule has 0 amide bonds. The molecule has 3 N–H and O–H groups in total. The first-order valence-corrected chi connectivity index (χ1v) is 4.56. The van der Waals surface area contributed by atoms with E-state index >= 15 is 0 Å². The fourth-order valence-electron chi connectivity index (χ4n) is 0.421. The van der Waals surface area contributed by atoms with Gasteiger partial charge in [-0.05, 0) is 0 Å². The van der Waals surface area contributed by atoms with Gasteiger partial charge in [-0.25, -0.2) is 18.0 Å². The lowest BCUT2D eigenvalue weighted by molar-refractivity contribution is -0.150. The van der Waals surface area contributed by atoms with Crippen LogP contribution in [-0.4, -0.2) is 42.9 Å². The summed E-state index contributed by atoms with van der Waals surface area (Å²) in [5.74, 6) is -3.51. The Labute approximate surface area is 68.1 Å². The highest BCUT2D eigenvalue weighted by molar-refractivity contribution is 7.88. The lowest BCUT2D eigenvalue weighted by atomic mass is 10.3. The zero-order valence-corrected chi connectivity index (χ0v) is 6.83. The second-order valence-corrected chi connectivity index (χ2v) is 3.78. The van der Waals surface area contributed by atoms with Gasteiger partial charge in [0.1, 0.15) is 0 Å². The quantitative estimate of drug-likeness (QED) is 0.451. The Morgan fingerprint density at radius 1 is 1.25 bits per heavy atom. The Morgan fingerprint density at radius 3 is 1.67 bits per heavy atom. The van der Waals surface area contributed by atoms with Crippen molar-refractivity contribution in [2.45, 2.75) is 6.04 Å². The van der Waals surface area contributed by atoms with E-state index in [1.54, 1.807) is 0 Å². The molecule has 8 heteroatoms. The van der Waals surface area contributed by atoms with Crippen molar-refractivity contribution in [2.24, 2.45) is 0 Å². The van der Waals surface area contributed by atoms with Gasteiger partial charge in [0.15, 0.2) is 0 Å². The summed E-state index contributed by atoms with van der Waals surface area (Å²) in [6.07, 6.45) is 0.672. The lowest BCUT2D eigenvalue weighted by Gasteiger charge is -2.06. The van der Waals surface area contributed by atoms with E-state index in [-0.39, 0.29) is 0 Å². The average molecular weight is 197 g/mol. The van der Waals surface area contributed by atoms with E-state index in [4.69, 9.17) is 10.2 Å². The molecule has 0 rings (SSSR count). The molecule has 7 nitrogen and oxygen atoms in total. The predicted molar refractivity (Wildman–Crippen MR) is 37.0 cm³/mol. The van der Waals surface area contributed by atoms with Gasteiger partial charge in [-0.15, -0.1) is 0 Å². The number of carboxylic acids is 2. The Hall–Kier alpha value is -1.15. The lowest BCUT2D eigenvalue weighted by Crippen LogP contribution is -2.45. The molecule has 0 aromatic rings. The minimum atomic E-state index is -3.83. The maximum Gasteiger partial charge on any atom is 0.333 e. The zero-order valence-electron chi connectivity index (χ0n) is 6.01. The molecular weight excluding hydrogens is 190 g/mol. The third-order valence-electron chi connectivity index (χ3n) is 0.826. The van der Waals surface area contributed by atoms with Crippen molar-refractivity contribution < 1.29 is 28.2 Å². The van der Waals surface area contributed by atoms with Crippen molar-refractivity contribution in [3.63, 3.8) is 0 Å². The maximum atomic E-state index is 10.4. The van der Waals surface area contributed by atoms with E-state index in [9.17, 15) is 18.0 Å². The summed E-state index contributed by atoms with van der Waals surface area (Å²) < 4.78 is 22.3. The van der Waals surface area contributed by atoms with E-state index in [0.29, 0.717) is 6.26 Å². The minimum absolute atomic E-state index is 0.672. The molecule has 70 valence electrons. The van der Waals surface area contributed by atoms with Crippen LogP contribution in [0.5, 0.6) is 0 Å². The second-order valence-electron chi connectivity index (χ2n) is 2.00. The summed E-state index contributed by atoms with van der Waals surface area (Å²) in [5, 5.41) is 16.4. The van der Waals surface area contributed by atoms with Crippen molar-refractivity contribution in [1.29, 1.82) is 0 Å². The summed E-state index contributed by atoms with van der Waals surface area (Å²) in [6, 6.07) is -2.13. The van der Waals surface area contributed by atoms with E-state index in [2.05, 4.69) is 0 Å². The Balaban J connectivity index is 4.58. The van der Waals surface area contributed by atoms with E-state index < -0.39 is 28.0 Å². The van der Waals surface area contributed by atoms with Gasteiger partial charge in [0, 0.05) is 0 Å². The Morgan fingerprint density at radius 2 is 1.58 bits per heavy atom. The highest BCUT2D eigenvalue weighted by Gasteiger charge is 2.28. The number of hydrogen-bond donors (Lipinski definition) is 3. The first-order chi connectivity index (χ1) is 5.24. The fraction of sp³-hybridized carbons (Fsp3) is 0.500. The van der Waals surface area contributed by atoms with Gasteiger partial charge >= 0.3 is 11.9 Å². The van der Waals surface area contributed by atoms with Crippen molar-refractivity contribution in [1.82, 2.24) is 4.72 Å². The number of aliphatic carboxylic acids is 2. The molecule has 12 heavy (non-hydrogen) atoms. The van der Waals surface area contributed by atoms with Crippen molar-refractivity contribution in [2.75, 3.05) is 6.26 Å². The van der Waals surface area contributed by atoms with Gasteiger partial charge < -0.3 is 10.2 Å². The molecule has 0 atom stereocenters. The normalized spacial score (nSPS) is 11.5. The number of nitrogens with one attached hydrogen (secondary N) is 1. The smallest absolute Gasteiger partial charge is 0.333 e. The Bertz CT molecular complexity index is 279. The number of carboxylic acid groups (broad SMARTS) is 2. The molecular formula is C4H7NO6S. The summed E-state index contributed by atoms with van der Waals surface area (Å²) in [7, 11) is -3.83. The van der Waals surface area contributed by atoms with Gasteiger partial charge in [-0.2, -0.15) is 4.72 Å². The van der Waals surface area contributed by atoms with Crippen molar-refractivity contribution >= 4 is 22.0 Å². The van der Waals surface area contributed by atoms with Crippen LogP contribution in [-0.2, 0) is 19.6 Å². The first kappa shape index (κ1) is 10.8. The largest absolute Gasteiger partial charge is 0.480 e. The molecule has 0 bridgehead atoms. The minimum Gasteiger partial charge on any atom is -0.480 e. The number of rotatable bonds is 4. The van der Waals surface area contributed by atoms with Crippen molar-refractivity contribution in [3.8, 4) is 0 Å². The molecule has 0 aliphatic heterocycles. The molecule has 0 saturated carbocycles. The molecule has 0 aliphatic carbocycles. The third-order valence-corrected chi connectivity index (χ3v) is 1.49. The van der Waals surface area contributed by atoms with Crippen LogP contribution in [0.2, 0.25) is 0 Å². The van der Waals surface area contributed by atoms with Crippen LogP contribution < -0.4 is 4.72 Å². The summed E-state index contributed by atoms with van der Waals surface area (Å²) >= 11 is 0. The monoisotopic (exact) mass is 197 g/mol. The average Bonchev–Trinajstić information content (AvgIpc) is 1.79. The third kappa shape index (κ3) is 3.88. The van der Waals surface area contributed by atoms with Gasteiger partial charge in [0.05, 0.1) is 6.26 Å². The fourth-order valence-corrected chi connectivity index (χ4v) is 1.05. The van der Waals surface area contributed by atoms with E-state index in [0.717, 1.165) is 0 Å². The highest BCUT2D eigenvalue weighted by Crippen LogP contribution is 1.87. The van der Waals surface area contributed by atoms with E-state index in [1.165, 1.54) is 4.72 Å². The van der Waals surface area contributed by atoms with Crippen LogP contribution in [0.25, 0.3) is 0 Å². The van der Waals surface area contributed by atoms with Crippen LogP contribution in [0.4, 0.5) is 0 Å². The molecule has 0 aliphatic rings. The topological polar surface area (TPSA) is 121 Å². The zero-order chi connectivity index (χ0) is 9.94. The summed E-state index contributed by atoms with van der Waals surface area (Å²) in [6.45, 7) is 0. The van der Waals surface area contributed by atoms with Crippen LogP contribution >= 0.6 is 0 Å². The molecule has 0 aromatic carbocycles. The van der Waals surface area contributed by atoms with Crippen LogP contribution in [0.15, 0.2) is 0 Å². The number of hydrogen-bond acceptors (Lipinski definition) is 4. The van der Waals surface area contributed by atoms with Crippen molar-refractivity contribution in [3.05, 3.63) is 0 Å². The van der Waals surface area contributed by atoms with Crippen LogP contribution in [0.3, 0.4) is 0 Å². The van der Waals surface area contributed by atoms with Gasteiger partial charge in [0.25, 0.3) is 0 Å². The molecule has 0 unspecified atom stereocenters. The van der Waals surface area contributed by atoms with Crippen LogP contribution in [0, 0.1) is 0 Å². The maximum absolute atomic E-state index is 10.4. The SMILES string of the molecule is CS(=O)(=O)NC(C(=O)O)C(=O)O. The highest BCUT2D eigenvalue weighted by atomic mass is 32.2. The Kier molecular flexibility index (Phi) is 3.16. The molecule has 0 heterocycles. The summed E-state index contributed by atoms with van der Waals surface area (Å²) in [5.41, 5.74) is 0. The number of carbonyl (C=O) groups is 2. The van der Waals surface area contributed by atoms with E-state index in [1.807, 2.05) is 0 Å². The molecule has 0 saturated heterocycles. The first-order valence-electron chi connectivity index (χ1n) is 2.67. The number of sulfonamides is 1. The second kappa shape index (κ2) is 3.50. The van der Waals surface area contributed by atoms with Gasteiger partial charge in [0.2, 0.25) is 16.1 Å². The predicted octanol–water partition coefficient (Wildman–Crippen LogP) is -1.93. The molecule has 0 fully saturated rings. The van der Waals surface area contributed by atoms with Crippen LogP contribution in [0.1, 0.15) is 0 Å². The standard InChI is InChI=1S/C4H7NO6S/c1-12(10,11)5-2(3(6)7)4(8)9/h2,5H,1H3,(H,6,7)(H,8,9). The van der Waals surface area contributed by atoms with Gasteiger partial charge in [-0.1, -0.05) is 0 Å². The summed E-state index contributed by atoms with van der Waals surface area (Å²) in [4.78, 5) is 20.2. The molecule has 0 aromatic heterocycles. The molecule has 0 spiro atoms. The van der Waals surface area contributed by atoms with Gasteiger partial charge in [-0.3, -0.25) is 0 Å².